The fraction of sp³-hybridized carbons (Fsp3) is 0.571. The molecule has 1 saturated heterocycles. The van der Waals surface area contributed by atoms with Crippen molar-refractivity contribution >= 4 is 21.4 Å². The van der Waals surface area contributed by atoms with Gasteiger partial charge in [0.15, 0.2) is 9.84 Å². The molecule has 0 saturated carbocycles. The lowest BCUT2D eigenvalue weighted by Gasteiger charge is -2.23. The highest BCUT2D eigenvalue weighted by molar-refractivity contribution is 7.91. The molecule has 1 fully saturated rings. The summed E-state index contributed by atoms with van der Waals surface area (Å²) >= 11 is 5.67. The summed E-state index contributed by atoms with van der Waals surface area (Å²) in [5, 5.41) is 3.43. The van der Waals surface area contributed by atoms with Gasteiger partial charge in [0.25, 0.3) is 0 Å². The van der Waals surface area contributed by atoms with Crippen molar-refractivity contribution in [2.45, 2.75) is 25.8 Å². The molecular formula is C14H19ClFNO2S. The molecule has 6 heteroatoms. The van der Waals surface area contributed by atoms with Crippen LogP contribution in [0.2, 0.25) is 5.02 Å². The van der Waals surface area contributed by atoms with E-state index in [-0.39, 0.29) is 28.5 Å². The maximum atomic E-state index is 13.5. The molecule has 2 atom stereocenters. The molecule has 0 amide bonds. The third-order valence-corrected chi connectivity index (χ3v) is 5.84. The molecule has 0 bridgehead atoms. The van der Waals surface area contributed by atoms with Crippen molar-refractivity contribution in [3.8, 4) is 0 Å². The highest BCUT2D eigenvalue weighted by Gasteiger charge is 2.33. The summed E-state index contributed by atoms with van der Waals surface area (Å²) in [5.74, 6) is 0.145. The number of sulfone groups is 1. The average Bonchev–Trinajstić information content (AvgIpc) is 2.74. The van der Waals surface area contributed by atoms with Crippen LogP contribution in [0.3, 0.4) is 0 Å². The van der Waals surface area contributed by atoms with E-state index in [0.29, 0.717) is 12.8 Å². The Balaban J connectivity index is 2.11. The van der Waals surface area contributed by atoms with E-state index in [1.807, 2.05) is 6.92 Å². The molecule has 0 radical (unpaired) electrons. The summed E-state index contributed by atoms with van der Waals surface area (Å²) in [4.78, 5) is 0. The molecule has 0 aromatic heterocycles. The van der Waals surface area contributed by atoms with Crippen LogP contribution in [0.4, 0.5) is 4.39 Å². The maximum absolute atomic E-state index is 13.5. The molecule has 1 aliphatic heterocycles. The Morgan fingerprint density at radius 1 is 1.50 bits per heavy atom. The molecule has 112 valence electrons. The van der Waals surface area contributed by atoms with Gasteiger partial charge in [-0.05, 0) is 43.0 Å². The van der Waals surface area contributed by atoms with Crippen LogP contribution in [-0.2, 0) is 16.3 Å². The van der Waals surface area contributed by atoms with Gasteiger partial charge in [-0.3, -0.25) is 0 Å². The lowest BCUT2D eigenvalue weighted by Crippen LogP contribution is -2.38. The third-order valence-electron chi connectivity index (χ3n) is 3.74. The standard InChI is InChI=1S/C14H19ClFNO2S/c1-2-17-14(11-5-6-20(18,19)9-11)8-10-3-4-12(15)13(16)7-10/h3-4,7,11,14,17H,2,5-6,8-9H2,1H3. The van der Waals surface area contributed by atoms with E-state index in [4.69, 9.17) is 11.6 Å². The van der Waals surface area contributed by atoms with Crippen molar-refractivity contribution in [3.63, 3.8) is 0 Å². The zero-order valence-corrected chi connectivity index (χ0v) is 13.0. The molecule has 1 aromatic carbocycles. The first-order valence-electron chi connectivity index (χ1n) is 6.79. The van der Waals surface area contributed by atoms with Gasteiger partial charge in [0.05, 0.1) is 16.5 Å². The number of hydrogen-bond donors (Lipinski definition) is 1. The lowest BCUT2D eigenvalue weighted by molar-refractivity contribution is 0.385. The summed E-state index contributed by atoms with van der Waals surface area (Å²) in [5.41, 5.74) is 0.835. The Bertz CT molecular complexity index is 577. The minimum Gasteiger partial charge on any atom is -0.314 e. The van der Waals surface area contributed by atoms with Gasteiger partial charge in [-0.15, -0.1) is 0 Å². The highest BCUT2D eigenvalue weighted by Crippen LogP contribution is 2.25. The van der Waals surface area contributed by atoms with Gasteiger partial charge in [-0.2, -0.15) is 0 Å². The van der Waals surface area contributed by atoms with Crippen molar-refractivity contribution < 1.29 is 12.8 Å². The van der Waals surface area contributed by atoms with Crippen LogP contribution in [0.5, 0.6) is 0 Å². The molecule has 0 aliphatic carbocycles. The average molecular weight is 320 g/mol. The second-order valence-electron chi connectivity index (χ2n) is 5.28. The largest absolute Gasteiger partial charge is 0.314 e. The number of rotatable bonds is 5. The summed E-state index contributed by atoms with van der Waals surface area (Å²) in [6, 6.07) is 4.81. The molecule has 0 spiro atoms. The Morgan fingerprint density at radius 3 is 2.80 bits per heavy atom. The Hall–Kier alpha value is -0.650. The van der Waals surface area contributed by atoms with Crippen LogP contribution in [0.1, 0.15) is 18.9 Å². The maximum Gasteiger partial charge on any atom is 0.150 e. The molecule has 1 heterocycles. The van der Waals surface area contributed by atoms with Crippen LogP contribution < -0.4 is 5.32 Å². The molecule has 20 heavy (non-hydrogen) atoms. The van der Waals surface area contributed by atoms with Crippen molar-refractivity contribution in [2.24, 2.45) is 5.92 Å². The molecule has 2 unspecified atom stereocenters. The normalized spacial score (nSPS) is 22.9. The van der Waals surface area contributed by atoms with Crippen LogP contribution in [-0.4, -0.2) is 32.5 Å². The second-order valence-corrected chi connectivity index (χ2v) is 7.92. The predicted molar refractivity (Wildman–Crippen MR) is 79.3 cm³/mol. The zero-order valence-electron chi connectivity index (χ0n) is 11.4. The molecule has 1 N–H and O–H groups in total. The van der Waals surface area contributed by atoms with Gasteiger partial charge in [-0.1, -0.05) is 24.6 Å². The monoisotopic (exact) mass is 319 g/mol. The van der Waals surface area contributed by atoms with Crippen LogP contribution in [0.25, 0.3) is 0 Å². The third kappa shape index (κ3) is 3.93. The summed E-state index contributed by atoms with van der Waals surface area (Å²) < 4.78 is 36.7. The summed E-state index contributed by atoms with van der Waals surface area (Å²) in [6.45, 7) is 2.75. The minimum atomic E-state index is -2.90. The molecule has 1 aromatic rings. The topological polar surface area (TPSA) is 46.2 Å². The van der Waals surface area contributed by atoms with E-state index in [1.165, 1.54) is 6.07 Å². The number of likely N-dealkylation sites (N-methyl/N-ethyl adjacent to an activating group) is 1. The first-order chi connectivity index (χ1) is 9.41. The fourth-order valence-corrected chi connectivity index (χ4v) is 4.73. The fourth-order valence-electron chi connectivity index (χ4n) is 2.73. The lowest BCUT2D eigenvalue weighted by atomic mass is 9.93. The highest BCUT2D eigenvalue weighted by atomic mass is 35.5. The molecular weight excluding hydrogens is 301 g/mol. The number of hydrogen-bond acceptors (Lipinski definition) is 3. The van der Waals surface area contributed by atoms with Crippen LogP contribution in [0, 0.1) is 11.7 Å². The van der Waals surface area contributed by atoms with Gasteiger partial charge in [0.2, 0.25) is 0 Å². The van der Waals surface area contributed by atoms with E-state index in [1.54, 1.807) is 12.1 Å². The quantitative estimate of drug-likeness (QED) is 0.906. The minimum absolute atomic E-state index is 0.0536. The summed E-state index contributed by atoms with van der Waals surface area (Å²) in [6.07, 6.45) is 1.29. The first kappa shape index (κ1) is 15.7. The van der Waals surface area contributed by atoms with Crippen LogP contribution in [0.15, 0.2) is 18.2 Å². The van der Waals surface area contributed by atoms with Crippen molar-refractivity contribution in [1.82, 2.24) is 5.32 Å². The smallest absolute Gasteiger partial charge is 0.150 e. The van der Waals surface area contributed by atoms with Crippen molar-refractivity contribution in [2.75, 3.05) is 18.1 Å². The zero-order chi connectivity index (χ0) is 14.8. The van der Waals surface area contributed by atoms with E-state index < -0.39 is 15.7 Å². The summed E-state index contributed by atoms with van der Waals surface area (Å²) in [7, 11) is -2.90. The number of halogens is 2. The van der Waals surface area contributed by atoms with Gasteiger partial charge in [-0.25, -0.2) is 12.8 Å². The molecule has 2 rings (SSSR count). The second kappa shape index (κ2) is 6.41. The van der Waals surface area contributed by atoms with E-state index in [9.17, 15) is 12.8 Å². The SMILES string of the molecule is CCNC(Cc1ccc(Cl)c(F)c1)C1CCS(=O)(=O)C1. The molecule has 1 aliphatic rings. The number of benzene rings is 1. The van der Waals surface area contributed by atoms with Gasteiger partial charge in [0.1, 0.15) is 5.82 Å². The van der Waals surface area contributed by atoms with Gasteiger partial charge >= 0.3 is 0 Å². The number of nitrogens with one attached hydrogen (secondary N) is 1. The Morgan fingerprint density at radius 2 is 2.25 bits per heavy atom. The van der Waals surface area contributed by atoms with E-state index in [0.717, 1.165) is 12.1 Å². The van der Waals surface area contributed by atoms with Crippen LogP contribution >= 0.6 is 11.6 Å². The molecule has 3 nitrogen and oxygen atoms in total. The van der Waals surface area contributed by atoms with Crippen molar-refractivity contribution in [3.05, 3.63) is 34.6 Å². The van der Waals surface area contributed by atoms with Gasteiger partial charge in [0, 0.05) is 6.04 Å². The Kier molecular flexibility index (Phi) is 5.04. The van der Waals surface area contributed by atoms with E-state index >= 15 is 0 Å². The van der Waals surface area contributed by atoms with E-state index in [2.05, 4.69) is 5.32 Å². The van der Waals surface area contributed by atoms with Crippen molar-refractivity contribution in [1.29, 1.82) is 0 Å². The predicted octanol–water partition coefficient (Wildman–Crippen LogP) is 2.43. The Labute approximate surface area is 124 Å². The first-order valence-corrected chi connectivity index (χ1v) is 8.99. The van der Waals surface area contributed by atoms with Gasteiger partial charge < -0.3 is 5.32 Å².